The molecule has 0 bridgehead atoms. The number of oxazole rings is 1. The van der Waals surface area contributed by atoms with E-state index in [9.17, 15) is 4.79 Å². The number of carbonyl (C=O) groups excluding carboxylic acids is 1. The van der Waals surface area contributed by atoms with E-state index in [4.69, 9.17) is 18.3 Å². The molecule has 2 aliphatic rings. The number of nitrogens with zero attached hydrogens (tertiary/aromatic N) is 3. The molecule has 1 saturated heterocycles. The molecule has 1 fully saturated rings. The van der Waals surface area contributed by atoms with Crippen molar-refractivity contribution in [2.75, 3.05) is 44.3 Å². The molecule has 3 aromatic rings. The van der Waals surface area contributed by atoms with Crippen molar-refractivity contribution in [3.05, 3.63) is 36.3 Å². The number of anilines is 1. The van der Waals surface area contributed by atoms with Gasteiger partial charge in [-0.05, 0) is 12.1 Å². The fourth-order valence-electron chi connectivity index (χ4n) is 3.25. The summed E-state index contributed by atoms with van der Waals surface area (Å²) in [6.07, 6.45) is 1.43. The van der Waals surface area contributed by atoms with E-state index in [1.165, 1.54) is 6.26 Å². The average molecular weight is 355 g/mol. The smallest absolute Gasteiger partial charge is 0.298 e. The van der Waals surface area contributed by atoms with Crippen molar-refractivity contribution in [3.8, 4) is 11.5 Å². The number of furan rings is 1. The summed E-state index contributed by atoms with van der Waals surface area (Å²) in [6, 6.07) is 8.26. The predicted octanol–water partition coefficient (Wildman–Crippen LogP) is 2.15. The number of piperazine rings is 1. The van der Waals surface area contributed by atoms with Gasteiger partial charge in [0.2, 0.25) is 17.3 Å². The van der Waals surface area contributed by atoms with Gasteiger partial charge in [-0.3, -0.25) is 4.79 Å². The Bertz CT molecular complexity index is 922. The Morgan fingerprint density at radius 1 is 1.04 bits per heavy atom. The summed E-state index contributed by atoms with van der Waals surface area (Å²) in [5.74, 6) is 0.913. The van der Waals surface area contributed by atoms with Crippen molar-refractivity contribution < 1.29 is 23.1 Å². The van der Waals surface area contributed by atoms with Crippen LogP contribution in [0.25, 0.3) is 11.1 Å². The Morgan fingerprint density at radius 3 is 2.69 bits per heavy atom. The summed E-state index contributed by atoms with van der Waals surface area (Å²) in [5, 5.41) is 0. The van der Waals surface area contributed by atoms with Crippen LogP contribution in [0.3, 0.4) is 0 Å². The highest BCUT2D eigenvalue weighted by atomic mass is 16.6. The van der Waals surface area contributed by atoms with Crippen molar-refractivity contribution in [2.45, 2.75) is 0 Å². The van der Waals surface area contributed by atoms with Crippen molar-refractivity contribution in [1.82, 2.24) is 9.88 Å². The monoisotopic (exact) mass is 355 g/mol. The van der Waals surface area contributed by atoms with E-state index in [-0.39, 0.29) is 11.7 Å². The number of rotatable bonds is 2. The minimum absolute atomic E-state index is 0.186. The van der Waals surface area contributed by atoms with Gasteiger partial charge in [0.25, 0.3) is 11.9 Å². The lowest BCUT2D eigenvalue weighted by atomic mass is 10.2. The van der Waals surface area contributed by atoms with Crippen LogP contribution in [0, 0.1) is 0 Å². The van der Waals surface area contributed by atoms with Crippen LogP contribution < -0.4 is 14.4 Å². The van der Waals surface area contributed by atoms with Gasteiger partial charge in [0.1, 0.15) is 25.0 Å². The summed E-state index contributed by atoms with van der Waals surface area (Å²) in [4.78, 5) is 21.1. The fourth-order valence-corrected chi connectivity index (χ4v) is 3.25. The zero-order chi connectivity index (χ0) is 17.5. The molecule has 0 saturated carbocycles. The summed E-state index contributed by atoms with van der Waals surface area (Å²) in [5.41, 5.74) is 1.60. The Kier molecular flexibility index (Phi) is 3.48. The zero-order valence-corrected chi connectivity index (χ0v) is 14.0. The maximum absolute atomic E-state index is 12.8. The first-order chi connectivity index (χ1) is 12.8. The highest BCUT2D eigenvalue weighted by Crippen LogP contribution is 2.36. The van der Waals surface area contributed by atoms with E-state index >= 15 is 0 Å². The van der Waals surface area contributed by atoms with Crippen molar-refractivity contribution >= 4 is 23.0 Å². The molecule has 1 aromatic carbocycles. The van der Waals surface area contributed by atoms with E-state index in [0.717, 1.165) is 11.1 Å². The Morgan fingerprint density at radius 2 is 1.85 bits per heavy atom. The van der Waals surface area contributed by atoms with Crippen molar-refractivity contribution in [1.29, 1.82) is 0 Å². The van der Waals surface area contributed by atoms with Crippen LogP contribution in [0.5, 0.6) is 11.5 Å². The Hall–Kier alpha value is -3.16. The summed E-state index contributed by atoms with van der Waals surface area (Å²) >= 11 is 0. The van der Waals surface area contributed by atoms with Crippen LogP contribution >= 0.6 is 0 Å². The SMILES string of the molecule is O=C(c1occ2c1OCCO2)N1CCN(c2nc3ccccc3o2)CC1. The quantitative estimate of drug-likeness (QED) is 0.697. The molecule has 0 aliphatic carbocycles. The van der Waals surface area contributed by atoms with Crippen LogP contribution in [0.4, 0.5) is 6.01 Å². The first-order valence-electron chi connectivity index (χ1n) is 8.56. The van der Waals surface area contributed by atoms with Crippen LogP contribution in [-0.4, -0.2) is 55.2 Å². The Labute approximate surface area is 148 Å². The standard InChI is InChI=1S/C18H17N3O5/c22-17(16-15-14(11-25-16)23-9-10-24-15)20-5-7-21(8-6-20)18-19-12-3-1-2-4-13(12)26-18/h1-4,11H,5-10H2. The van der Waals surface area contributed by atoms with Gasteiger partial charge in [-0.2, -0.15) is 4.98 Å². The van der Waals surface area contributed by atoms with Gasteiger partial charge in [-0.25, -0.2) is 0 Å². The van der Waals surface area contributed by atoms with Crippen LogP contribution in [0.1, 0.15) is 10.6 Å². The number of benzene rings is 1. The van der Waals surface area contributed by atoms with Gasteiger partial charge < -0.3 is 28.1 Å². The van der Waals surface area contributed by atoms with Crippen molar-refractivity contribution in [3.63, 3.8) is 0 Å². The van der Waals surface area contributed by atoms with Gasteiger partial charge >= 0.3 is 0 Å². The number of ether oxygens (including phenoxy) is 2. The molecular weight excluding hydrogens is 338 g/mol. The number of amides is 1. The largest absolute Gasteiger partial charge is 0.483 e. The number of para-hydroxylation sites is 2. The lowest BCUT2D eigenvalue weighted by Crippen LogP contribution is -2.49. The lowest BCUT2D eigenvalue weighted by molar-refractivity contribution is 0.0703. The molecule has 4 heterocycles. The van der Waals surface area contributed by atoms with Crippen LogP contribution in [0.15, 0.2) is 39.4 Å². The maximum Gasteiger partial charge on any atom is 0.298 e. The van der Waals surface area contributed by atoms with Gasteiger partial charge in [0.05, 0.1) is 0 Å². The molecular formula is C18H17N3O5. The molecule has 26 heavy (non-hydrogen) atoms. The number of hydrogen-bond donors (Lipinski definition) is 0. The molecule has 134 valence electrons. The third kappa shape index (κ3) is 2.45. The van der Waals surface area contributed by atoms with Gasteiger partial charge in [0.15, 0.2) is 5.58 Å². The van der Waals surface area contributed by atoms with E-state index in [1.807, 2.05) is 29.2 Å². The highest BCUT2D eigenvalue weighted by molar-refractivity contribution is 5.95. The third-order valence-corrected chi connectivity index (χ3v) is 4.62. The van der Waals surface area contributed by atoms with Gasteiger partial charge in [-0.15, -0.1) is 0 Å². The summed E-state index contributed by atoms with van der Waals surface area (Å²) in [6.45, 7) is 3.25. The molecule has 8 nitrogen and oxygen atoms in total. The third-order valence-electron chi connectivity index (χ3n) is 4.62. The normalized spacial score (nSPS) is 16.9. The topological polar surface area (TPSA) is 81.2 Å². The second kappa shape index (κ2) is 5.98. The minimum Gasteiger partial charge on any atom is -0.483 e. The fraction of sp³-hybridized carbons (Fsp3) is 0.333. The Balaban J connectivity index is 1.29. The zero-order valence-electron chi connectivity index (χ0n) is 14.0. The molecule has 1 amide bonds. The number of aromatic nitrogens is 1. The second-order valence-corrected chi connectivity index (χ2v) is 6.20. The molecule has 0 N–H and O–H groups in total. The summed E-state index contributed by atoms with van der Waals surface area (Å²) in [7, 11) is 0. The molecule has 5 rings (SSSR count). The van der Waals surface area contributed by atoms with E-state index < -0.39 is 0 Å². The number of carbonyl (C=O) groups is 1. The highest BCUT2D eigenvalue weighted by Gasteiger charge is 2.31. The lowest BCUT2D eigenvalue weighted by Gasteiger charge is -2.33. The van der Waals surface area contributed by atoms with Gasteiger partial charge in [0, 0.05) is 26.2 Å². The van der Waals surface area contributed by atoms with E-state index in [1.54, 1.807) is 4.90 Å². The minimum atomic E-state index is -0.186. The molecule has 8 heteroatoms. The second-order valence-electron chi connectivity index (χ2n) is 6.20. The van der Waals surface area contributed by atoms with Gasteiger partial charge in [-0.1, -0.05) is 12.1 Å². The molecule has 0 unspecified atom stereocenters. The molecule has 0 atom stereocenters. The molecule has 0 spiro atoms. The van der Waals surface area contributed by atoms with Crippen LogP contribution in [0.2, 0.25) is 0 Å². The van der Waals surface area contributed by atoms with Crippen LogP contribution in [-0.2, 0) is 0 Å². The molecule has 2 aliphatic heterocycles. The predicted molar refractivity (Wildman–Crippen MR) is 91.8 cm³/mol. The molecule has 2 aromatic heterocycles. The van der Waals surface area contributed by atoms with E-state index in [0.29, 0.717) is 56.9 Å². The number of fused-ring (bicyclic) bond motifs is 2. The summed E-state index contributed by atoms with van der Waals surface area (Å²) < 4.78 is 22.2. The molecule has 0 radical (unpaired) electrons. The average Bonchev–Trinajstić information content (AvgIpc) is 3.32. The first-order valence-corrected chi connectivity index (χ1v) is 8.56. The van der Waals surface area contributed by atoms with Crippen molar-refractivity contribution in [2.24, 2.45) is 0 Å². The van der Waals surface area contributed by atoms with E-state index in [2.05, 4.69) is 4.98 Å². The first kappa shape index (κ1) is 15.1. The maximum atomic E-state index is 12.8. The number of hydrogen-bond acceptors (Lipinski definition) is 7.